The number of para-hydroxylation sites is 1. The average molecular weight is 545 g/mol. The minimum Gasteiger partial charge on any atom is -0.489 e. The number of pyridine rings is 1. The lowest BCUT2D eigenvalue weighted by atomic mass is 9.86. The summed E-state index contributed by atoms with van der Waals surface area (Å²) in [6, 6.07) is 17.0. The van der Waals surface area contributed by atoms with Crippen LogP contribution in [0.3, 0.4) is 0 Å². The number of nitrogens with zero attached hydrogens (tertiary/aromatic N) is 2. The van der Waals surface area contributed by atoms with Crippen molar-refractivity contribution < 1.29 is 19.5 Å². The summed E-state index contributed by atoms with van der Waals surface area (Å²) in [5.74, 6) is 0.450. The molecule has 2 amide bonds. The summed E-state index contributed by atoms with van der Waals surface area (Å²) in [6.45, 7) is 4.70. The number of aromatic nitrogens is 1. The normalized spacial score (nSPS) is 20.7. The molecule has 8 nitrogen and oxygen atoms in total. The molecule has 2 atom stereocenters. The molecule has 1 aromatic heterocycles. The van der Waals surface area contributed by atoms with Gasteiger partial charge in [-0.1, -0.05) is 63.4 Å². The van der Waals surface area contributed by atoms with Gasteiger partial charge in [-0.05, 0) is 61.4 Å². The predicted octanol–water partition coefficient (Wildman–Crippen LogP) is 5.17. The average Bonchev–Trinajstić information content (AvgIpc) is 3.29. The van der Waals surface area contributed by atoms with Gasteiger partial charge in [-0.25, -0.2) is 5.48 Å². The van der Waals surface area contributed by atoms with E-state index in [2.05, 4.69) is 18.2 Å². The Kier molecular flexibility index (Phi) is 8.38. The first-order chi connectivity index (χ1) is 19.3. The third-order valence-corrected chi connectivity index (χ3v) is 8.48. The van der Waals surface area contributed by atoms with Crippen molar-refractivity contribution in [2.45, 2.75) is 82.9 Å². The fourth-order valence-corrected chi connectivity index (χ4v) is 6.23. The lowest BCUT2D eigenvalue weighted by Gasteiger charge is -2.30. The number of hydroxylamine groups is 1. The van der Waals surface area contributed by atoms with Crippen LogP contribution in [0.5, 0.6) is 5.75 Å². The zero-order chi connectivity index (χ0) is 28.3. The SMILES string of the molecule is CC(C)C[C@H](C(=O)NO)N1CC[C@@](N)(c2ccc(OCc3cc(C4CCCCC4)nc4ccccc34)cc2)C1=O. The van der Waals surface area contributed by atoms with Gasteiger partial charge in [0.25, 0.3) is 5.91 Å². The zero-order valence-corrected chi connectivity index (χ0v) is 23.4. The number of amides is 2. The number of likely N-dealkylation sites (tertiary alicyclic amines) is 1. The Labute approximate surface area is 235 Å². The molecule has 0 bridgehead atoms. The third-order valence-electron chi connectivity index (χ3n) is 8.48. The molecule has 0 radical (unpaired) electrons. The van der Waals surface area contributed by atoms with Crippen molar-refractivity contribution in [2.24, 2.45) is 11.7 Å². The van der Waals surface area contributed by atoms with Crippen LogP contribution in [0.1, 0.15) is 81.5 Å². The summed E-state index contributed by atoms with van der Waals surface area (Å²) in [5, 5.41) is 10.3. The van der Waals surface area contributed by atoms with Crippen LogP contribution < -0.4 is 16.0 Å². The van der Waals surface area contributed by atoms with Crippen LogP contribution in [0.25, 0.3) is 10.9 Å². The maximum atomic E-state index is 13.5. The number of ether oxygens (including phenoxy) is 1. The van der Waals surface area contributed by atoms with E-state index in [1.54, 1.807) is 5.48 Å². The molecular weight excluding hydrogens is 504 g/mol. The van der Waals surface area contributed by atoms with Gasteiger partial charge in [-0.2, -0.15) is 0 Å². The standard InChI is InChI=1S/C32H40N4O4/c1-21(2)18-29(30(37)35-39)36-17-16-32(33,31(36)38)24-12-14-25(15-13-24)40-20-23-19-28(22-8-4-3-5-9-22)34-27-11-7-6-10-26(23)27/h6-7,10-15,19,21-22,29,39H,3-5,8-9,16-18,20,33H2,1-2H3,(H,35,37)/t29-,32-/m1/s1. The maximum Gasteiger partial charge on any atom is 0.266 e. The molecule has 2 aliphatic rings. The third kappa shape index (κ3) is 5.69. The first-order valence-electron chi connectivity index (χ1n) is 14.5. The zero-order valence-electron chi connectivity index (χ0n) is 23.4. The topological polar surface area (TPSA) is 118 Å². The van der Waals surface area contributed by atoms with Gasteiger partial charge in [0.1, 0.15) is 23.9 Å². The molecule has 212 valence electrons. The number of nitrogens with two attached hydrogens (primary N) is 1. The summed E-state index contributed by atoms with van der Waals surface area (Å²) in [5.41, 5.74) is 11.1. The van der Waals surface area contributed by atoms with E-state index in [-0.39, 0.29) is 11.8 Å². The minimum absolute atomic E-state index is 0.163. The molecule has 2 aromatic carbocycles. The molecule has 2 fully saturated rings. The Morgan fingerprint density at radius 1 is 1.15 bits per heavy atom. The number of benzene rings is 2. The summed E-state index contributed by atoms with van der Waals surface area (Å²) < 4.78 is 6.22. The summed E-state index contributed by atoms with van der Waals surface area (Å²) in [7, 11) is 0. The number of carbonyl (C=O) groups excluding carboxylic acids is 2. The van der Waals surface area contributed by atoms with Gasteiger partial charge < -0.3 is 15.4 Å². The van der Waals surface area contributed by atoms with Crippen molar-refractivity contribution in [3.63, 3.8) is 0 Å². The Morgan fingerprint density at radius 3 is 2.58 bits per heavy atom. The number of fused-ring (bicyclic) bond motifs is 1. The van der Waals surface area contributed by atoms with E-state index in [0.29, 0.717) is 43.2 Å². The van der Waals surface area contributed by atoms with Crippen molar-refractivity contribution in [3.05, 3.63) is 71.4 Å². The quantitative estimate of drug-likeness (QED) is 0.253. The van der Waals surface area contributed by atoms with Gasteiger partial charge in [0.2, 0.25) is 5.91 Å². The second-order valence-corrected chi connectivity index (χ2v) is 11.7. The smallest absolute Gasteiger partial charge is 0.266 e. The molecule has 8 heteroatoms. The van der Waals surface area contributed by atoms with Gasteiger partial charge in [-0.3, -0.25) is 19.8 Å². The molecule has 40 heavy (non-hydrogen) atoms. The van der Waals surface area contributed by atoms with E-state index >= 15 is 0 Å². The van der Waals surface area contributed by atoms with E-state index in [4.69, 9.17) is 15.5 Å². The Bertz CT molecular complexity index is 1350. The molecule has 1 saturated carbocycles. The van der Waals surface area contributed by atoms with E-state index in [1.165, 1.54) is 37.0 Å². The number of hydrogen-bond donors (Lipinski definition) is 3. The van der Waals surface area contributed by atoms with Crippen molar-refractivity contribution in [1.29, 1.82) is 0 Å². The monoisotopic (exact) mass is 544 g/mol. The molecule has 5 rings (SSSR count). The second-order valence-electron chi connectivity index (χ2n) is 11.7. The molecule has 0 unspecified atom stereocenters. The van der Waals surface area contributed by atoms with Gasteiger partial charge in [0.05, 0.1) is 5.52 Å². The minimum atomic E-state index is -1.24. The van der Waals surface area contributed by atoms with Gasteiger partial charge in [0.15, 0.2) is 0 Å². The first-order valence-corrected chi connectivity index (χ1v) is 14.5. The molecule has 1 saturated heterocycles. The van der Waals surface area contributed by atoms with Crippen molar-refractivity contribution in [3.8, 4) is 5.75 Å². The molecule has 1 aliphatic carbocycles. The summed E-state index contributed by atoms with van der Waals surface area (Å²) in [4.78, 5) is 32.3. The number of nitrogens with one attached hydrogen (secondary N) is 1. The fourth-order valence-electron chi connectivity index (χ4n) is 6.23. The fraction of sp³-hybridized carbons (Fsp3) is 0.469. The number of rotatable bonds is 9. The highest BCUT2D eigenvalue weighted by Crippen LogP contribution is 2.36. The summed E-state index contributed by atoms with van der Waals surface area (Å²) >= 11 is 0. The largest absolute Gasteiger partial charge is 0.489 e. The Morgan fingerprint density at radius 2 is 1.88 bits per heavy atom. The lowest BCUT2D eigenvalue weighted by Crippen LogP contribution is -2.52. The van der Waals surface area contributed by atoms with Crippen molar-refractivity contribution in [2.75, 3.05) is 6.54 Å². The van der Waals surface area contributed by atoms with Crippen LogP contribution in [-0.4, -0.2) is 39.5 Å². The van der Waals surface area contributed by atoms with Crippen molar-refractivity contribution in [1.82, 2.24) is 15.4 Å². The lowest BCUT2D eigenvalue weighted by molar-refractivity contribution is -0.144. The van der Waals surface area contributed by atoms with Gasteiger partial charge in [-0.15, -0.1) is 0 Å². The Hall–Kier alpha value is -3.49. The first kappa shape index (κ1) is 28.1. The van der Waals surface area contributed by atoms with E-state index in [0.717, 1.165) is 22.2 Å². The van der Waals surface area contributed by atoms with E-state index in [1.807, 2.05) is 50.2 Å². The predicted molar refractivity (Wildman–Crippen MR) is 154 cm³/mol. The van der Waals surface area contributed by atoms with Crippen LogP contribution in [-0.2, 0) is 21.7 Å². The number of carbonyl (C=O) groups is 2. The van der Waals surface area contributed by atoms with Crippen LogP contribution >= 0.6 is 0 Å². The van der Waals surface area contributed by atoms with E-state index < -0.39 is 17.5 Å². The molecule has 1 aliphatic heterocycles. The molecule has 3 aromatic rings. The van der Waals surface area contributed by atoms with Crippen molar-refractivity contribution >= 4 is 22.7 Å². The Balaban J connectivity index is 1.31. The number of hydrogen-bond acceptors (Lipinski definition) is 6. The van der Waals surface area contributed by atoms with Crippen LogP contribution in [0.15, 0.2) is 54.6 Å². The highest BCUT2D eigenvalue weighted by atomic mass is 16.5. The van der Waals surface area contributed by atoms with Gasteiger partial charge >= 0.3 is 0 Å². The van der Waals surface area contributed by atoms with Crippen LogP contribution in [0.4, 0.5) is 0 Å². The highest BCUT2D eigenvalue weighted by Gasteiger charge is 2.48. The molecule has 2 heterocycles. The van der Waals surface area contributed by atoms with Crippen LogP contribution in [0.2, 0.25) is 0 Å². The molecular formula is C32H40N4O4. The van der Waals surface area contributed by atoms with Gasteiger partial charge in [0, 0.05) is 29.1 Å². The maximum absolute atomic E-state index is 13.5. The highest BCUT2D eigenvalue weighted by molar-refractivity contribution is 5.94. The molecule has 0 spiro atoms. The van der Waals surface area contributed by atoms with Crippen LogP contribution in [0, 0.1) is 5.92 Å². The van der Waals surface area contributed by atoms with E-state index in [9.17, 15) is 14.8 Å². The molecule has 4 N–H and O–H groups in total. The summed E-state index contributed by atoms with van der Waals surface area (Å²) in [6.07, 6.45) is 7.01. The second kappa shape index (κ2) is 11.9.